The Kier molecular flexibility index (Phi) is 5.87. The Morgan fingerprint density at radius 2 is 2.03 bits per heavy atom. The van der Waals surface area contributed by atoms with E-state index in [1.54, 1.807) is 36.2 Å². The zero-order valence-electron chi connectivity index (χ0n) is 18.0. The smallest absolute Gasteiger partial charge is 0.161 e. The van der Waals surface area contributed by atoms with E-state index >= 15 is 0 Å². The van der Waals surface area contributed by atoms with E-state index < -0.39 is 5.92 Å². The normalized spacial score (nSPS) is 18.4. The first-order valence-electron chi connectivity index (χ1n) is 10.4. The molecule has 164 valence electrons. The molecule has 0 saturated carbocycles. The van der Waals surface area contributed by atoms with Crippen molar-refractivity contribution in [2.45, 2.75) is 31.8 Å². The van der Waals surface area contributed by atoms with Crippen LogP contribution in [-0.2, 0) is 11.4 Å². The number of carbonyl (C=O) groups is 1. The number of nitriles is 1. The molecule has 1 atom stereocenters. The van der Waals surface area contributed by atoms with Crippen LogP contribution >= 0.6 is 0 Å². The molecular weight excluding hydrogens is 409 g/mol. The Labute approximate surface area is 186 Å². The largest absolute Gasteiger partial charge is 0.493 e. The number of benzene rings is 2. The van der Waals surface area contributed by atoms with Crippen LogP contribution in [0.25, 0.3) is 0 Å². The van der Waals surface area contributed by atoms with E-state index in [0.29, 0.717) is 40.5 Å². The molecule has 0 saturated heterocycles. The lowest BCUT2D eigenvalue weighted by atomic mass is 9.76. The highest BCUT2D eigenvalue weighted by Gasteiger charge is 2.38. The van der Waals surface area contributed by atoms with Crippen molar-refractivity contribution in [1.82, 2.24) is 4.90 Å². The number of nitrogens with two attached hydrogens (primary N) is 1. The predicted molar refractivity (Wildman–Crippen MR) is 117 cm³/mol. The van der Waals surface area contributed by atoms with Crippen molar-refractivity contribution < 1.29 is 18.7 Å². The monoisotopic (exact) mass is 433 g/mol. The summed E-state index contributed by atoms with van der Waals surface area (Å²) in [7, 11) is 3.31. The molecule has 32 heavy (non-hydrogen) atoms. The second-order valence-electron chi connectivity index (χ2n) is 7.87. The molecule has 1 aliphatic carbocycles. The van der Waals surface area contributed by atoms with E-state index in [1.165, 1.54) is 19.2 Å². The average molecular weight is 433 g/mol. The van der Waals surface area contributed by atoms with E-state index in [-0.39, 0.29) is 18.2 Å². The van der Waals surface area contributed by atoms with Gasteiger partial charge in [0.2, 0.25) is 0 Å². The molecular formula is C25H24FN3O3. The number of halogens is 1. The van der Waals surface area contributed by atoms with Crippen molar-refractivity contribution in [1.29, 1.82) is 5.26 Å². The molecule has 0 fully saturated rings. The highest BCUT2D eigenvalue weighted by molar-refractivity contribution is 5.99. The fourth-order valence-electron chi connectivity index (χ4n) is 4.37. The second-order valence-corrected chi connectivity index (χ2v) is 7.87. The maximum atomic E-state index is 13.4. The molecule has 4 rings (SSSR count). The van der Waals surface area contributed by atoms with Gasteiger partial charge in [-0.05, 0) is 48.2 Å². The third kappa shape index (κ3) is 3.80. The number of methoxy groups -OCH3 is 1. The summed E-state index contributed by atoms with van der Waals surface area (Å²) in [6.07, 6.45) is 1.95. The van der Waals surface area contributed by atoms with E-state index in [0.717, 1.165) is 24.1 Å². The zero-order valence-corrected chi connectivity index (χ0v) is 18.0. The lowest BCUT2D eigenvalue weighted by Crippen LogP contribution is -2.36. The minimum absolute atomic E-state index is 0.0359. The van der Waals surface area contributed by atoms with Crippen molar-refractivity contribution in [3.63, 3.8) is 0 Å². The van der Waals surface area contributed by atoms with Crippen LogP contribution in [0.5, 0.6) is 11.5 Å². The number of ketones is 1. The fraction of sp³-hybridized carbons (Fsp3) is 0.280. The molecule has 7 heteroatoms. The van der Waals surface area contributed by atoms with Gasteiger partial charge in [-0.15, -0.1) is 0 Å². The summed E-state index contributed by atoms with van der Waals surface area (Å²) >= 11 is 0. The van der Waals surface area contributed by atoms with Gasteiger partial charge in [-0.2, -0.15) is 5.26 Å². The third-order valence-electron chi connectivity index (χ3n) is 5.97. The van der Waals surface area contributed by atoms with Gasteiger partial charge in [-0.25, -0.2) is 4.39 Å². The summed E-state index contributed by atoms with van der Waals surface area (Å²) in [5, 5.41) is 9.87. The van der Waals surface area contributed by atoms with E-state index in [9.17, 15) is 14.4 Å². The van der Waals surface area contributed by atoms with Crippen LogP contribution < -0.4 is 15.2 Å². The standard InChI is InChI=1S/C25H24FN3O3/c1-29-19-7-4-8-20(30)24(19)23(18(13-27)25(29)28)16-9-10-21(22(12-16)31-2)32-14-15-5-3-6-17(26)11-15/h3,5-6,9-12,23H,4,7-8,14,28H2,1-2H3/t23-/m1/s1. The number of hydrogen-bond acceptors (Lipinski definition) is 6. The molecule has 6 nitrogen and oxygen atoms in total. The molecule has 0 spiro atoms. The third-order valence-corrected chi connectivity index (χ3v) is 5.97. The quantitative estimate of drug-likeness (QED) is 0.762. The lowest BCUT2D eigenvalue weighted by Gasteiger charge is -2.37. The summed E-state index contributed by atoms with van der Waals surface area (Å²) in [5.41, 5.74) is 9.55. The first-order chi connectivity index (χ1) is 15.4. The van der Waals surface area contributed by atoms with Crippen LogP contribution in [0, 0.1) is 17.1 Å². The van der Waals surface area contributed by atoms with Crippen LogP contribution in [0.4, 0.5) is 4.39 Å². The number of carbonyl (C=O) groups excluding carboxylic acids is 1. The highest BCUT2D eigenvalue weighted by Crippen LogP contribution is 2.45. The van der Waals surface area contributed by atoms with Crippen LogP contribution in [0.3, 0.4) is 0 Å². The minimum Gasteiger partial charge on any atom is -0.493 e. The topological polar surface area (TPSA) is 88.6 Å². The maximum absolute atomic E-state index is 13.4. The fourth-order valence-corrected chi connectivity index (χ4v) is 4.37. The molecule has 0 amide bonds. The minimum atomic E-state index is -0.551. The molecule has 0 radical (unpaired) electrons. The molecule has 1 aliphatic heterocycles. The molecule has 0 unspecified atom stereocenters. The number of ether oxygens (including phenoxy) is 2. The first kappa shape index (κ1) is 21.4. The Balaban J connectivity index is 1.71. The number of rotatable bonds is 5. The second kappa shape index (κ2) is 8.75. The Morgan fingerprint density at radius 1 is 1.22 bits per heavy atom. The van der Waals surface area contributed by atoms with E-state index in [4.69, 9.17) is 15.2 Å². The van der Waals surface area contributed by atoms with E-state index in [1.807, 2.05) is 6.07 Å². The van der Waals surface area contributed by atoms with Gasteiger partial charge < -0.3 is 20.1 Å². The van der Waals surface area contributed by atoms with E-state index in [2.05, 4.69) is 6.07 Å². The molecule has 0 bridgehead atoms. The predicted octanol–water partition coefficient (Wildman–Crippen LogP) is 4.14. The van der Waals surface area contributed by atoms with Gasteiger partial charge in [-0.3, -0.25) is 4.79 Å². The van der Waals surface area contributed by atoms with Gasteiger partial charge in [0.15, 0.2) is 17.3 Å². The Morgan fingerprint density at radius 3 is 2.75 bits per heavy atom. The van der Waals surface area contributed by atoms with Gasteiger partial charge in [-0.1, -0.05) is 18.2 Å². The van der Waals surface area contributed by atoms with Gasteiger partial charge >= 0.3 is 0 Å². The summed E-state index contributed by atoms with van der Waals surface area (Å²) in [6.45, 7) is 0.172. The van der Waals surface area contributed by atoms with Crippen LogP contribution in [0.1, 0.15) is 36.3 Å². The highest BCUT2D eigenvalue weighted by atomic mass is 19.1. The molecule has 2 aliphatic rings. The molecule has 0 aromatic heterocycles. The summed E-state index contributed by atoms with van der Waals surface area (Å²) in [6, 6.07) is 13.7. The van der Waals surface area contributed by atoms with Crippen LogP contribution in [-0.4, -0.2) is 24.8 Å². The van der Waals surface area contributed by atoms with Crippen molar-refractivity contribution >= 4 is 5.78 Å². The summed E-state index contributed by atoms with van der Waals surface area (Å²) in [5.74, 6) is 0.452. The Hall–Kier alpha value is -3.79. The van der Waals surface area contributed by atoms with Gasteiger partial charge in [0, 0.05) is 24.7 Å². The summed E-state index contributed by atoms with van der Waals surface area (Å²) in [4.78, 5) is 14.6. The van der Waals surface area contributed by atoms with Gasteiger partial charge in [0.1, 0.15) is 18.2 Å². The molecule has 1 heterocycles. The van der Waals surface area contributed by atoms with Crippen molar-refractivity contribution in [2.24, 2.45) is 5.73 Å². The zero-order chi connectivity index (χ0) is 22.8. The Bertz CT molecular complexity index is 1180. The number of allylic oxidation sites excluding steroid dienone is 3. The number of Topliss-reactive ketones (excluding diaryl/α,β-unsaturated/α-hetero) is 1. The maximum Gasteiger partial charge on any atom is 0.161 e. The summed E-state index contributed by atoms with van der Waals surface area (Å²) < 4.78 is 24.8. The SMILES string of the molecule is COc1cc([C@@H]2C(C#N)=C(N)N(C)C3=C2C(=O)CCC3)ccc1OCc1cccc(F)c1. The number of hydrogen-bond donors (Lipinski definition) is 1. The van der Waals surface area contributed by atoms with Crippen LogP contribution in [0.2, 0.25) is 0 Å². The molecule has 2 N–H and O–H groups in total. The van der Waals surface area contributed by atoms with Crippen molar-refractivity contribution in [3.05, 3.63) is 82.1 Å². The van der Waals surface area contributed by atoms with Crippen molar-refractivity contribution in [2.75, 3.05) is 14.2 Å². The first-order valence-corrected chi connectivity index (χ1v) is 10.4. The average Bonchev–Trinajstić information content (AvgIpc) is 2.80. The lowest BCUT2D eigenvalue weighted by molar-refractivity contribution is -0.116. The van der Waals surface area contributed by atoms with Gasteiger partial charge in [0.05, 0.1) is 24.7 Å². The van der Waals surface area contributed by atoms with Crippen molar-refractivity contribution in [3.8, 4) is 17.6 Å². The number of nitrogens with zero attached hydrogens (tertiary/aromatic N) is 2. The van der Waals surface area contributed by atoms with Crippen LogP contribution in [0.15, 0.2) is 65.1 Å². The molecule has 2 aromatic carbocycles. The van der Waals surface area contributed by atoms with Gasteiger partial charge in [0.25, 0.3) is 0 Å². The molecule has 2 aromatic rings.